The van der Waals surface area contributed by atoms with Gasteiger partial charge in [0.1, 0.15) is 0 Å². The van der Waals surface area contributed by atoms with Gasteiger partial charge in [0.2, 0.25) is 0 Å². The number of allylic oxidation sites excluding steroid dienone is 5. The van der Waals surface area contributed by atoms with E-state index in [0.29, 0.717) is 0 Å². The van der Waals surface area contributed by atoms with Crippen molar-refractivity contribution >= 4 is 12.5 Å². The summed E-state index contributed by atoms with van der Waals surface area (Å²) in [6, 6.07) is 17.5. The molecule has 0 aliphatic carbocycles. The average Bonchev–Trinajstić information content (AvgIpc) is 2.70. The predicted octanol–water partition coefficient (Wildman–Crippen LogP) is 7.12. The molecule has 0 radical (unpaired) electrons. The van der Waals surface area contributed by atoms with Gasteiger partial charge in [-0.05, 0) is 0 Å². The monoisotopic (exact) mass is 348 g/mol. The SMILES string of the molecule is C=C/C(=C\C=C/C)c1cbcc(-c2ccc(C)c(-c3ccccc3C)c2)c1. The van der Waals surface area contributed by atoms with Gasteiger partial charge in [0.15, 0.2) is 0 Å². The van der Waals surface area contributed by atoms with Gasteiger partial charge in [-0.1, -0.05) is 0 Å². The van der Waals surface area contributed by atoms with Crippen molar-refractivity contribution in [2.24, 2.45) is 0 Å². The van der Waals surface area contributed by atoms with Crippen LogP contribution in [0.2, 0.25) is 0 Å². The molecule has 132 valence electrons. The van der Waals surface area contributed by atoms with Crippen LogP contribution < -0.4 is 0 Å². The van der Waals surface area contributed by atoms with Crippen molar-refractivity contribution in [3.63, 3.8) is 0 Å². The fourth-order valence-electron chi connectivity index (χ4n) is 3.33. The molecule has 0 unspecified atom stereocenters. The Morgan fingerprint density at radius 3 is 2.41 bits per heavy atom. The second-order valence-electron chi connectivity index (χ2n) is 6.78. The number of hydrogen-bond donors (Lipinski definition) is 0. The molecule has 1 heteroatoms. The van der Waals surface area contributed by atoms with Crippen LogP contribution in [-0.2, 0) is 0 Å². The van der Waals surface area contributed by atoms with Gasteiger partial charge in [-0.2, -0.15) is 0 Å². The molecule has 0 bridgehead atoms. The van der Waals surface area contributed by atoms with Crippen molar-refractivity contribution in [1.29, 1.82) is 0 Å². The first-order chi connectivity index (χ1) is 13.1. The Balaban J connectivity index is 2.08. The molecule has 3 rings (SSSR count). The average molecular weight is 348 g/mol. The maximum atomic E-state index is 3.97. The third-order valence-corrected chi connectivity index (χ3v) is 4.89. The molecule has 0 saturated heterocycles. The number of hydrogen-bond acceptors (Lipinski definition) is 0. The zero-order chi connectivity index (χ0) is 19.2. The zero-order valence-electron chi connectivity index (χ0n) is 16.4. The van der Waals surface area contributed by atoms with Gasteiger partial charge in [-0.15, -0.1) is 0 Å². The molecule has 0 spiro atoms. The van der Waals surface area contributed by atoms with E-state index in [0.717, 1.165) is 5.57 Å². The Hall–Kier alpha value is -2.93. The molecule has 2 aromatic carbocycles. The van der Waals surface area contributed by atoms with E-state index in [9.17, 15) is 0 Å². The Morgan fingerprint density at radius 2 is 1.67 bits per heavy atom. The van der Waals surface area contributed by atoms with E-state index in [1.54, 1.807) is 0 Å². The quantitative estimate of drug-likeness (QED) is 0.431. The Morgan fingerprint density at radius 1 is 0.889 bits per heavy atom. The predicted molar refractivity (Wildman–Crippen MR) is 121 cm³/mol. The van der Waals surface area contributed by atoms with E-state index >= 15 is 0 Å². The maximum absolute atomic E-state index is 3.97. The summed E-state index contributed by atoms with van der Waals surface area (Å²) in [7, 11) is 0. The van der Waals surface area contributed by atoms with E-state index in [1.165, 1.54) is 38.9 Å². The van der Waals surface area contributed by atoms with Crippen LogP contribution in [0.5, 0.6) is 0 Å². The van der Waals surface area contributed by atoms with E-state index in [1.807, 2.05) is 25.2 Å². The second-order valence-corrected chi connectivity index (χ2v) is 6.78. The first kappa shape index (κ1) is 18.9. The van der Waals surface area contributed by atoms with Crippen LogP contribution in [-0.4, -0.2) is 6.91 Å². The molecule has 3 aromatic rings. The molecule has 0 aliphatic heterocycles. The van der Waals surface area contributed by atoms with E-state index < -0.39 is 0 Å². The van der Waals surface area contributed by atoms with E-state index in [4.69, 9.17) is 0 Å². The normalized spacial score (nSPS) is 11.6. The van der Waals surface area contributed by atoms with Crippen molar-refractivity contribution in [2.45, 2.75) is 20.8 Å². The van der Waals surface area contributed by atoms with Gasteiger partial charge in [0.05, 0.1) is 0 Å². The summed E-state index contributed by atoms with van der Waals surface area (Å²) in [6.07, 6.45) is 8.08. The molecule has 0 aliphatic rings. The van der Waals surface area contributed by atoms with Gasteiger partial charge in [0, 0.05) is 0 Å². The topological polar surface area (TPSA) is 0 Å². The molecular weight excluding hydrogens is 323 g/mol. The molecule has 1 heterocycles. The van der Waals surface area contributed by atoms with Crippen molar-refractivity contribution in [3.8, 4) is 22.3 Å². The van der Waals surface area contributed by atoms with Crippen LogP contribution in [0.3, 0.4) is 0 Å². The fraction of sp³-hybridized carbons (Fsp3) is 0.115. The molecular formula is C26H25B. The molecule has 27 heavy (non-hydrogen) atoms. The third kappa shape index (κ3) is 4.26. The van der Waals surface area contributed by atoms with E-state index in [2.05, 4.69) is 93.9 Å². The zero-order valence-corrected chi connectivity index (χ0v) is 16.4. The van der Waals surface area contributed by atoms with Crippen LogP contribution in [0.25, 0.3) is 27.8 Å². The molecule has 0 fully saturated rings. The summed E-state index contributed by atoms with van der Waals surface area (Å²) in [5.74, 6) is 4.31. The summed E-state index contributed by atoms with van der Waals surface area (Å²) in [5.41, 5.74) is 9.95. The molecule has 0 N–H and O–H groups in total. The van der Waals surface area contributed by atoms with Gasteiger partial charge in [-0.25, -0.2) is 0 Å². The fourth-order valence-corrected chi connectivity index (χ4v) is 3.33. The number of rotatable bonds is 5. The molecule has 0 saturated carbocycles. The van der Waals surface area contributed by atoms with Gasteiger partial charge in [0.25, 0.3) is 0 Å². The Kier molecular flexibility index (Phi) is 6.03. The minimum atomic E-state index is 1.13. The van der Waals surface area contributed by atoms with Crippen LogP contribution >= 0.6 is 0 Å². The number of aryl methyl sites for hydroxylation is 2. The molecule has 0 amide bonds. The Bertz CT molecular complexity index is 1020. The summed E-state index contributed by atoms with van der Waals surface area (Å²) < 4.78 is 0. The second kappa shape index (κ2) is 8.64. The standard InChI is InChI=1S/C26H25B/c1-5-7-11-21(6-2)23-15-24(18-27-17-23)22-14-13-20(4)26(16-22)25-12-9-8-10-19(25)3/h5-18H,2H2,1,3-4H3/b7-5-,21-11+. The van der Waals surface area contributed by atoms with Crippen LogP contribution in [0.1, 0.15) is 23.6 Å². The summed E-state index contributed by atoms with van der Waals surface area (Å²) in [6.45, 7) is 12.5. The minimum absolute atomic E-state index is 1.13. The van der Waals surface area contributed by atoms with Crippen molar-refractivity contribution in [1.82, 2.24) is 0 Å². The summed E-state index contributed by atoms with van der Waals surface area (Å²) >= 11 is 0. The van der Waals surface area contributed by atoms with Gasteiger partial charge >= 0.3 is 164 Å². The van der Waals surface area contributed by atoms with Crippen molar-refractivity contribution in [3.05, 3.63) is 108 Å². The number of benzene rings is 2. The van der Waals surface area contributed by atoms with Gasteiger partial charge in [-0.3, -0.25) is 0 Å². The first-order valence-corrected chi connectivity index (χ1v) is 9.37. The van der Waals surface area contributed by atoms with Crippen molar-refractivity contribution < 1.29 is 0 Å². The van der Waals surface area contributed by atoms with Crippen LogP contribution in [0, 0.1) is 13.8 Å². The summed E-state index contributed by atoms with van der Waals surface area (Å²) in [5, 5.41) is 0. The third-order valence-electron chi connectivity index (χ3n) is 4.89. The van der Waals surface area contributed by atoms with Crippen LogP contribution in [0.15, 0.2) is 91.3 Å². The molecule has 0 nitrogen and oxygen atoms in total. The van der Waals surface area contributed by atoms with Crippen molar-refractivity contribution in [2.75, 3.05) is 0 Å². The summed E-state index contributed by atoms with van der Waals surface area (Å²) in [4.78, 5) is 0. The van der Waals surface area contributed by atoms with Crippen LogP contribution in [0.4, 0.5) is 0 Å². The molecule has 0 atom stereocenters. The van der Waals surface area contributed by atoms with Gasteiger partial charge < -0.3 is 0 Å². The van der Waals surface area contributed by atoms with E-state index in [-0.39, 0.29) is 0 Å². The Labute approximate surface area is 163 Å². The molecule has 1 aromatic heterocycles. The first-order valence-electron chi connectivity index (χ1n) is 9.37.